The largest absolute Gasteiger partial charge is 0.480 e. The number of ether oxygens (including phenoxy) is 1. The van der Waals surface area contributed by atoms with E-state index in [0.29, 0.717) is 0 Å². The van der Waals surface area contributed by atoms with Crippen LogP contribution in [-0.2, 0) is 20.7 Å². The Bertz CT molecular complexity index is 503. The van der Waals surface area contributed by atoms with Crippen LogP contribution in [0.1, 0.15) is 19.4 Å². The van der Waals surface area contributed by atoms with Crippen LogP contribution in [0.25, 0.3) is 0 Å². The average Bonchev–Trinajstić information content (AvgIpc) is 2.34. The fraction of sp³-hybridized carbons (Fsp3) is 0.385. The number of aliphatic carboxylic acids is 1. The van der Waals surface area contributed by atoms with Crippen LogP contribution in [0, 0.1) is 11.2 Å². The predicted molar refractivity (Wildman–Crippen MR) is 67.5 cm³/mol. The second-order valence-corrected chi connectivity index (χ2v) is 4.65. The Morgan fingerprint density at radius 1 is 1.47 bits per heavy atom. The molecule has 104 valence electrons. The van der Waals surface area contributed by atoms with E-state index >= 15 is 0 Å². The highest BCUT2D eigenvalue weighted by molar-refractivity contribution is 6.30. The fourth-order valence-electron chi connectivity index (χ4n) is 1.59. The molecule has 1 aromatic rings. The molecule has 0 radical (unpaired) electrons. The van der Waals surface area contributed by atoms with Gasteiger partial charge < -0.3 is 9.84 Å². The molecular formula is C13H14ClFO4. The van der Waals surface area contributed by atoms with Gasteiger partial charge >= 0.3 is 11.9 Å². The van der Waals surface area contributed by atoms with Crippen molar-refractivity contribution < 1.29 is 23.8 Å². The Balaban J connectivity index is 3.12. The number of hydrogen-bond donors (Lipinski definition) is 1. The number of carbonyl (C=O) groups is 2. The van der Waals surface area contributed by atoms with Crippen LogP contribution in [-0.4, -0.2) is 23.7 Å². The second kappa shape index (κ2) is 6.02. The van der Waals surface area contributed by atoms with Crippen molar-refractivity contribution in [2.24, 2.45) is 5.41 Å². The van der Waals surface area contributed by atoms with Crippen molar-refractivity contribution >= 4 is 23.5 Å². The first-order valence-corrected chi connectivity index (χ1v) is 6.04. The van der Waals surface area contributed by atoms with Gasteiger partial charge in [0, 0.05) is 6.42 Å². The average molecular weight is 289 g/mol. The number of benzene rings is 1. The number of hydrogen-bond acceptors (Lipinski definition) is 3. The molecule has 0 amide bonds. The number of esters is 1. The van der Waals surface area contributed by atoms with Crippen LogP contribution in [0.2, 0.25) is 5.02 Å². The van der Waals surface area contributed by atoms with Gasteiger partial charge in [-0.2, -0.15) is 0 Å². The summed E-state index contributed by atoms with van der Waals surface area (Å²) in [6.07, 6.45) is -0.326. The summed E-state index contributed by atoms with van der Waals surface area (Å²) in [7, 11) is 0. The molecule has 1 rings (SSSR count). The van der Waals surface area contributed by atoms with Crippen LogP contribution < -0.4 is 0 Å². The van der Waals surface area contributed by atoms with Crippen molar-refractivity contribution in [3.8, 4) is 0 Å². The molecule has 1 unspecified atom stereocenters. The monoisotopic (exact) mass is 288 g/mol. The zero-order valence-electron chi connectivity index (χ0n) is 10.6. The van der Waals surface area contributed by atoms with Crippen LogP contribution in [0.3, 0.4) is 0 Å². The van der Waals surface area contributed by atoms with Gasteiger partial charge in [-0.1, -0.05) is 23.7 Å². The summed E-state index contributed by atoms with van der Waals surface area (Å²) in [4.78, 5) is 23.0. The SMILES string of the molecule is CCOC(=O)C(C)(Cc1cccc(Cl)c1F)C(=O)O. The molecule has 6 heteroatoms. The van der Waals surface area contributed by atoms with E-state index < -0.39 is 23.2 Å². The molecule has 0 heterocycles. The van der Waals surface area contributed by atoms with Gasteiger partial charge in [0.25, 0.3) is 0 Å². The quantitative estimate of drug-likeness (QED) is 0.668. The summed E-state index contributed by atoms with van der Waals surface area (Å²) in [5.74, 6) is -2.99. The van der Waals surface area contributed by atoms with Gasteiger partial charge in [-0.3, -0.25) is 9.59 Å². The summed E-state index contributed by atoms with van der Waals surface area (Å²) >= 11 is 5.62. The Morgan fingerprint density at radius 3 is 2.63 bits per heavy atom. The van der Waals surface area contributed by atoms with Crippen LogP contribution in [0.5, 0.6) is 0 Å². The third kappa shape index (κ3) is 3.23. The number of rotatable bonds is 5. The van der Waals surface area contributed by atoms with Gasteiger partial charge in [0.2, 0.25) is 0 Å². The summed E-state index contributed by atoms with van der Waals surface area (Å²) in [6, 6.07) is 4.23. The van der Waals surface area contributed by atoms with E-state index in [9.17, 15) is 19.1 Å². The molecule has 0 aliphatic heterocycles. The van der Waals surface area contributed by atoms with Gasteiger partial charge in [-0.15, -0.1) is 0 Å². The number of carboxylic acids is 1. The van der Waals surface area contributed by atoms with E-state index in [-0.39, 0.29) is 23.6 Å². The molecule has 1 N–H and O–H groups in total. The lowest BCUT2D eigenvalue weighted by atomic mass is 9.83. The lowest BCUT2D eigenvalue weighted by molar-refractivity contribution is -0.167. The highest BCUT2D eigenvalue weighted by Crippen LogP contribution is 2.28. The molecule has 0 spiro atoms. The van der Waals surface area contributed by atoms with Crippen molar-refractivity contribution in [3.05, 3.63) is 34.6 Å². The standard InChI is InChI=1S/C13H14ClFO4/c1-3-19-12(18)13(2,11(16)17)7-8-5-4-6-9(14)10(8)15/h4-6H,3,7H2,1-2H3,(H,16,17). The number of carbonyl (C=O) groups excluding carboxylic acids is 1. The van der Waals surface area contributed by atoms with E-state index in [0.717, 1.165) is 0 Å². The summed E-state index contributed by atoms with van der Waals surface area (Å²) in [6.45, 7) is 2.83. The topological polar surface area (TPSA) is 63.6 Å². The van der Waals surface area contributed by atoms with E-state index in [2.05, 4.69) is 0 Å². The van der Waals surface area contributed by atoms with Crippen molar-refractivity contribution in [1.82, 2.24) is 0 Å². The Kier molecular flexibility index (Phi) is 4.89. The molecule has 0 aliphatic carbocycles. The van der Waals surface area contributed by atoms with Crippen LogP contribution in [0.15, 0.2) is 18.2 Å². The molecular weight excluding hydrogens is 275 g/mol. The minimum Gasteiger partial charge on any atom is -0.480 e. The molecule has 0 saturated carbocycles. The normalized spacial score (nSPS) is 13.7. The number of halogens is 2. The van der Waals surface area contributed by atoms with Gasteiger partial charge in [-0.05, 0) is 25.5 Å². The Morgan fingerprint density at radius 2 is 2.11 bits per heavy atom. The first-order chi connectivity index (χ1) is 8.82. The molecule has 0 fully saturated rings. The molecule has 0 saturated heterocycles. The molecule has 19 heavy (non-hydrogen) atoms. The zero-order valence-corrected chi connectivity index (χ0v) is 11.3. The Labute approximate surface area is 115 Å². The second-order valence-electron chi connectivity index (χ2n) is 4.25. The molecule has 0 aromatic heterocycles. The molecule has 4 nitrogen and oxygen atoms in total. The van der Waals surface area contributed by atoms with Gasteiger partial charge in [0.1, 0.15) is 5.82 Å². The molecule has 0 bridgehead atoms. The Hall–Kier alpha value is -1.62. The molecule has 1 atom stereocenters. The lowest BCUT2D eigenvalue weighted by Gasteiger charge is -2.22. The third-order valence-corrected chi connectivity index (χ3v) is 3.07. The van der Waals surface area contributed by atoms with E-state index in [1.165, 1.54) is 25.1 Å². The minimum atomic E-state index is -1.85. The highest BCUT2D eigenvalue weighted by atomic mass is 35.5. The first kappa shape index (κ1) is 15.4. The lowest BCUT2D eigenvalue weighted by Crippen LogP contribution is -2.40. The summed E-state index contributed by atoms with van der Waals surface area (Å²) in [5, 5.41) is 9.08. The van der Waals surface area contributed by atoms with Crippen molar-refractivity contribution in [3.63, 3.8) is 0 Å². The van der Waals surface area contributed by atoms with Crippen molar-refractivity contribution in [1.29, 1.82) is 0 Å². The maximum atomic E-state index is 13.8. The fourth-order valence-corrected chi connectivity index (χ4v) is 1.79. The maximum absolute atomic E-state index is 13.8. The van der Waals surface area contributed by atoms with Crippen LogP contribution >= 0.6 is 11.6 Å². The molecule has 1 aromatic carbocycles. The van der Waals surface area contributed by atoms with Gasteiger partial charge in [-0.25, -0.2) is 4.39 Å². The minimum absolute atomic E-state index is 0.0553. The van der Waals surface area contributed by atoms with Crippen LogP contribution in [0.4, 0.5) is 4.39 Å². The third-order valence-electron chi connectivity index (χ3n) is 2.77. The van der Waals surface area contributed by atoms with E-state index in [1.54, 1.807) is 6.92 Å². The maximum Gasteiger partial charge on any atom is 0.323 e. The smallest absolute Gasteiger partial charge is 0.323 e. The van der Waals surface area contributed by atoms with Crippen molar-refractivity contribution in [2.45, 2.75) is 20.3 Å². The van der Waals surface area contributed by atoms with Gasteiger partial charge in [0.05, 0.1) is 11.6 Å². The number of carboxylic acid groups (broad SMARTS) is 1. The van der Waals surface area contributed by atoms with Gasteiger partial charge in [0.15, 0.2) is 5.41 Å². The van der Waals surface area contributed by atoms with Crippen molar-refractivity contribution in [2.75, 3.05) is 6.61 Å². The highest BCUT2D eigenvalue weighted by Gasteiger charge is 2.43. The predicted octanol–water partition coefficient (Wildman–Crippen LogP) is 2.68. The summed E-state index contributed by atoms with van der Waals surface area (Å²) in [5.41, 5.74) is -1.79. The van der Waals surface area contributed by atoms with E-state index in [4.69, 9.17) is 16.3 Å². The van der Waals surface area contributed by atoms with E-state index in [1.807, 2.05) is 0 Å². The molecule has 0 aliphatic rings. The zero-order chi connectivity index (χ0) is 14.6. The first-order valence-electron chi connectivity index (χ1n) is 5.66. The summed E-state index contributed by atoms with van der Waals surface area (Å²) < 4.78 is 18.5.